The highest BCUT2D eigenvalue weighted by Crippen LogP contribution is 2.30. The van der Waals surface area contributed by atoms with Gasteiger partial charge in [0.15, 0.2) is 0 Å². The highest BCUT2D eigenvalue weighted by Gasteiger charge is 2.44. The Bertz CT molecular complexity index is 767. The van der Waals surface area contributed by atoms with E-state index in [0.29, 0.717) is 6.54 Å². The average molecular weight is 418 g/mol. The molecule has 1 aliphatic carbocycles. The van der Waals surface area contributed by atoms with Crippen molar-refractivity contribution >= 4 is 17.6 Å². The number of aliphatic hydroxyl groups excluding tert-OH is 2. The van der Waals surface area contributed by atoms with E-state index in [9.17, 15) is 19.8 Å². The third-order valence-corrected chi connectivity index (χ3v) is 6.43. The van der Waals surface area contributed by atoms with Crippen LogP contribution >= 0.6 is 0 Å². The third kappa shape index (κ3) is 4.61. The van der Waals surface area contributed by atoms with Gasteiger partial charge in [-0.3, -0.25) is 4.79 Å². The maximum Gasteiger partial charge on any atom is 0.315 e. The van der Waals surface area contributed by atoms with Crippen molar-refractivity contribution in [2.24, 2.45) is 0 Å². The van der Waals surface area contributed by atoms with Crippen LogP contribution in [-0.4, -0.2) is 65.7 Å². The second-order valence-electron chi connectivity index (χ2n) is 8.51. The fraction of sp³-hybridized carbons (Fsp3) is 0.636. The molecular weight excluding hydrogens is 386 g/mol. The fourth-order valence-corrected chi connectivity index (χ4v) is 4.72. The number of hydrogen-bond acceptors (Lipinski definition) is 5. The van der Waals surface area contributed by atoms with Crippen molar-refractivity contribution in [3.63, 3.8) is 0 Å². The monoisotopic (exact) mass is 417 g/mol. The molecule has 3 aliphatic rings. The van der Waals surface area contributed by atoms with Gasteiger partial charge >= 0.3 is 6.03 Å². The summed E-state index contributed by atoms with van der Waals surface area (Å²) < 4.78 is 5.75. The third-order valence-electron chi connectivity index (χ3n) is 6.43. The summed E-state index contributed by atoms with van der Waals surface area (Å²) in [7, 11) is 0. The number of benzene rings is 1. The number of para-hydroxylation sites is 1. The number of fused-ring (bicyclic) bond motifs is 1. The number of rotatable bonds is 5. The molecule has 2 heterocycles. The standard InChI is InChI=1S/C22H31N3O5/c26-19(25-11-10-14-6-4-5-9-16(14)25)12-17-20(27)21(28)18(30-17)13-23-22(29)24-15-7-2-1-3-8-15/h4-6,9,15,17-18,20-21,27-28H,1-3,7-8,10-13H2,(H2,23,24,29)/t17-,18-,20+,21-/m1/s1. The Morgan fingerprint density at radius 2 is 1.80 bits per heavy atom. The maximum absolute atomic E-state index is 12.8. The van der Waals surface area contributed by atoms with E-state index in [2.05, 4.69) is 10.6 Å². The molecule has 0 unspecified atom stereocenters. The quantitative estimate of drug-likeness (QED) is 0.573. The number of hydrogen-bond donors (Lipinski definition) is 4. The zero-order valence-electron chi connectivity index (χ0n) is 17.1. The van der Waals surface area contributed by atoms with Gasteiger partial charge in [0.2, 0.25) is 5.91 Å². The Hall–Kier alpha value is -2.16. The smallest absolute Gasteiger partial charge is 0.315 e. The first kappa shape index (κ1) is 21.1. The minimum absolute atomic E-state index is 0.0165. The van der Waals surface area contributed by atoms with Gasteiger partial charge in [0.05, 0.1) is 12.5 Å². The minimum Gasteiger partial charge on any atom is -0.388 e. The van der Waals surface area contributed by atoms with Gasteiger partial charge in [-0.1, -0.05) is 37.5 Å². The van der Waals surface area contributed by atoms with Gasteiger partial charge in [-0.2, -0.15) is 0 Å². The molecule has 3 amide bonds. The van der Waals surface area contributed by atoms with Crippen LogP contribution in [0.25, 0.3) is 0 Å². The number of amides is 3. The Morgan fingerprint density at radius 1 is 1.07 bits per heavy atom. The van der Waals surface area contributed by atoms with Crippen molar-refractivity contribution in [1.82, 2.24) is 10.6 Å². The Labute approximate surface area is 176 Å². The van der Waals surface area contributed by atoms with Crippen LogP contribution in [0.5, 0.6) is 0 Å². The van der Waals surface area contributed by atoms with E-state index in [1.54, 1.807) is 4.90 Å². The molecule has 2 aliphatic heterocycles. The summed E-state index contributed by atoms with van der Waals surface area (Å²) in [5.41, 5.74) is 2.03. The van der Waals surface area contributed by atoms with Gasteiger partial charge in [-0.05, 0) is 30.9 Å². The molecule has 0 bridgehead atoms. The van der Waals surface area contributed by atoms with Crippen molar-refractivity contribution in [3.05, 3.63) is 29.8 Å². The van der Waals surface area contributed by atoms with E-state index in [-0.39, 0.29) is 30.9 Å². The van der Waals surface area contributed by atoms with Gasteiger partial charge in [0, 0.05) is 24.8 Å². The Morgan fingerprint density at radius 3 is 2.60 bits per heavy atom. The largest absolute Gasteiger partial charge is 0.388 e. The van der Waals surface area contributed by atoms with Crippen LogP contribution in [0.4, 0.5) is 10.5 Å². The van der Waals surface area contributed by atoms with Crippen LogP contribution in [0.1, 0.15) is 44.1 Å². The second-order valence-corrected chi connectivity index (χ2v) is 8.51. The van der Waals surface area contributed by atoms with E-state index in [1.807, 2.05) is 24.3 Å². The predicted octanol–water partition coefficient (Wildman–Crippen LogP) is 1.09. The maximum atomic E-state index is 12.8. The zero-order valence-corrected chi connectivity index (χ0v) is 17.1. The van der Waals surface area contributed by atoms with E-state index >= 15 is 0 Å². The zero-order chi connectivity index (χ0) is 21.1. The highest BCUT2D eigenvalue weighted by atomic mass is 16.5. The molecule has 1 saturated heterocycles. The molecule has 8 heteroatoms. The van der Waals surface area contributed by atoms with Crippen LogP contribution in [0.15, 0.2) is 24.3 Å². The molecule has 164 valence electrons. The van der Waals surface area contributed by atoms with Gasteiger partial charge in [-0.25, -0.2) is 4.79 Å². The van der Waals surface area contributed by atoms with Gasteiger partial charge in [0.1, 0.15) is 18.3 Å². The van der Waals surface area contributed by atoms with Crippen molar-refractivity contribution < 1.29 is 24.5 Å². The van der Waals surface area contributed by atoms with E-state index < -0.39 is 24.4 Å². The Kier molecular flexibility index (Phi) is 6.55. The molecule has 8 nitrogen and oxygen atoms in total. The molecule has 4 N–H and O–H groups in total. The number of urea groups is 1. The molecule has 4 atom stereocenters. The first-order valence-electron chi connectivity index (χ1n) is 11.0. The average Bonchev–Trinajstić information content (AvgIpc) is 3.30. The summed E-state index contributed by atoms with van der Waals surface area (Å²) in [4.78, 5) is 26.6. The van der Waals surface area contributed by atoms with Crippen LogP contribution in [0.2, 0.25) is 0 Å². The molecular formula is C22H31N3O5. The first-order chi connectivity index (χ1) is 14.5. The number of nitrogens with one attached hydrogen (secondary N) is 2. The fourth-order valence-electron chi connectivity index (χ4n) is 4.72. The van der Waals surface area contributed by atoms with E-state index in [4.69, 9.17) is 4.74 Å². The highest BCUT2D eigenvalue weighted by molar-refractivity contribution is 5.95. The lowest BCUT2D eigenvalue weighted by Gasteiger charge is -2.23. The molecule has 1 aromatic carbocycles. The minimum atomic E-state index is -1.17. The number of carbonyl (C=O) groups excluding carboxylic acids is 2. The summed E-state index contributed by atoms with van der Waals surface area (Å²) in [5.74, 6) is -0.139. The summed E-state index contributed by atoms with van der Waals surface area (Å²) >= 11 is 0. The molecule has 0 spiro atoms. The summed E-state index contributed by atoms with van der Waals surface area (Å²) in [6.45, 7) is 0.684. The molecule has 2 fully saturated rings. The van der Waals surface area contributed by atoms with Gasteiger partial charge in [-0.15, -0.1) is 0 Å². The summed E-state index contributed by atoms with van der Waals surface area (Å²) in [6.07, 6.45) is 2.36. The summed E-state index contributed by atoms with van der Waals surface area (Å²) in [6, 6.07) is 7.67. The van der Waals surface area contributed by atoms with E-state index in [1.165, 1.54) is 6.42 Å². The van der Waals surface area contributed by atoms with Crippen LogP contribution < -0.4 is 15.5 Å². The topological polar surface area (TPSA) is 111 Å². The van der Waals surface area contributed by atoms with Crippen molar-refractivity contribution in [2.45, 2.75) is 75.4 Å². The van der Waals surface area contributed by atoms with E-state index in [0.717, 1.165) is 43.4 Å². The van der Waals surface area contributed by atoms with Crippen LogP contribution in [0.3, 0.4) is 0 Å². The van der Waals surface area contributed by atoms with Crippen LogP contribution in [0, 0.1) is 0 Å². The second kappa shape index (κ2) is 9.32. The molecule has 1 aromatic rings. The lowest BCUT2D eigenvalue weighted by atomic mass is 9.96. The number of ether oxygens (including phenoxy) is 1. The lowest BCUT2D eigenvalue weighted by molar-refractivity contribution is -0.122. The SMILES string of the molecule is O=C(NC[C@H]1O[C@H](CC(=O)N2CCc3ccccc32)[C@H](O)[C@@H]1O)NC1CCCCC1. The lowest BCUT2D eigenvalue weighted by Crippen LogP contribution is -2.47. The van der Waals surface area contributed by atoms with Gasteiger partial charge in [0.25, 0.3) is 0 Å². The van der Waals surface area contributed by atoms with Crippen molar-refractivity contribution in [1.29, 1.82) is 0 Å². The normalized spacial score (nSPS) is 28.9. The molecule has 30 heavy (non-hydrogen) atoms. The molecule has 4 rings (SSSR count). The Balaban J connectivity index is 1.27. The van der Waals surface area contributed by atoms with Gasteiger partial charge < -0.3 is 30.5 Å². The van der Waals surface area contributed by atoms with Crippen LogP contribution in [-0.2, 0) is 16.0 Å². The number of carbonyl (C=O) groups is 2. The predicted molar refractivity (Wildman–Crippen MR) is 111 cm³/mol. The summed E-state index contributed by atoms with van der Waals surface area (Å²) in [5, 5.41) is 26.4. The number of nitrogens with zero attached hydrogens (tertiary/aromatic N) is 1. The van der Waals surface area contributed by atoms with Crippen molar-refractivity contribution in [3.8, 4) is 0 Å². The first-order valence-corrected chi connectivity index (χ1v) is 11.0. The molecule has 0 radical (unpaired) electrons. The molecule has 1 saturated carbocycles. The number of aliphatic hydroxyl groups is 2. The number of anilines is 1. The molecule has 0 aromatic heterocycles. The van der Waals surface area contributed by atoms with Crippen molar-refractivity contribution in [2.75, 3.05) is 18.0 Å².